The maximum Gasteiger partial charge on any atom is 0.314 e. The van der Waals surface area contributed by atoms with Crippen molar-refractivity contribution in [3.05, 3.63) is 126 Å². The van der Waals surface area contributed by atoms with Crippen LogP contribution in [-0.4, -0.2) is 179 Å². The zero-order chi connectivity index (χ0) is 55.4. The van der Waals surface area contributed by atoms with E-state index in [1.54, 1.807) is 48.5 Å². The Morgan fingerprint density at radius 1 is 0.538 bits per heavy atom. The van der Waals surface area contributed by atoms with Crippen LogP contribution in [0.2, 0.25) is 20.1 Å². The van der Waals surface area contributed by atoms with E-state index < -0.39 is 20.0 Å². The summed E-state index contributed by atoms with van der Waals surface area (Å²) in [6.45, 7) is 7.17. The third-order valence-electron chi connectivity index (χ3n) is 14.4. The Balaban J connectivity index is 0.608. The van der Waals surface area contributed by atoms with Crippen molar-refractivity contribution in [2.24, 2.45) is 0 Å². The lowest BCUT2D eigenvalue weighted by Gasteiger charge is -2.33. The smallest absolute Gasteiger partial charge is 0.314 e. The molecule has 0 bridgehead atoms. The second-order valence-electron chi connectivity index (χ2n) is 20.1. The fraction of sp³-hybridized carbons (Fsp3) is 0.519. The Bertz CT molecular complexity index is 2750. The van der Waals surface area contributed by atoms with Gasteiger partial charge in [0.05, 0.1) is 61.6 Å². The summed E-state index contributed by atoms with van der Waals surface area (Å²) in [7, 11) is -3.49. The number of carbonyl (C=O) groups excluding carboxylic acids is 2. The number of unbranched alkanes of at least 4 members (excludes halogenated alkanes) is 1. The van der Waals surface area contributed by atoms with E-state index in [-0.39, 0.29) is 85.4 Å². The van der Waals surface area contributed by atoms with Gasteiger partial charge in [-0.2, -0.15) is 8.61 Å². The van der Waals surface area contributed by atoms with Crippen LogP contribution in [0.3, 0.4) is 0 Å². The van der Waals surface area contributed by atoms with E-state index in [0.717, 1.165) is 33.4 Å². The van der Waals surface area contributed by atoms with Gasteiger partial charge in [-0.3, -0.25) is 0 Å². The second kappa shape index (κ2) is 28.2. The summed E-state index contributed by atoms with van der Waals surface area (Å²) >= 11 is 25.9. The maximum atomic E-state index is 13.8. The number of nitrogens with one attached hydrogen (secondary N) is 4. The largest absolute Gasteiger partial charge is 0.377 e. The van der Waals surface area contributed by atoms with E-state index in [0.29, 0.717) is 124 Å². The SMILES string of the molecule is CN1Cc2c(Cl)cc(Cl)cc2[C@H](c2cccc(S(=O)(=O)N3CC[C@H](OCCOCCNC(=O)NCCCCNC(=O)NCCOCCO[C@H]4CCN(S(=O)(=O)c5cccc([C@@H]6CN(C)Cc7c(Cl)cc(Cl)cc76)c5)C4)C3)c2)C1. The Morgan fingerprint density at radius 2 is 0.949 bits per heavy atom. The molecule has 4 amide bonds. The number of benzene rings is 4. The average molecular weight is 1200 g/mol. The predicted octanol–water partition coefficient (Wildman–Crippen LogP) is 7.13. The summed E-state index contributed by atoms with van der Waals surface area (Å²) in [6, 6.07) is 20.9. The molecular formula is C54H70Cl4N8O10S2. The quantitative estimate of drug-likeness (QED) is 0.0491. The molecule has 2 fully saturated rings. The van der Waals surface area contributed by atoms with Crippen molar-refractivity contribution in [2.75, 3.05) is 119 Å². The van der Waals surface area contributed by atoms with Gasteiger partial charge < -0.3 is 50.0 Å². The van der Waals surface area contributed by atoms with Crippen molar-refractivity contribution in [2.45, 2.75) is 72.6 Å². The maximum absolute atomic E-state index is 13.8. The number of nitrogens with zero attached hydrogens (tertiary/aromatic N) is 4. The van der Waals surface area contributed by atoms with Gasteiger partial charge in [-0.25, -0.2) is 26.4 Å². The van der Waals surface area contributed by atoms with E-state index in [2.05, 4.69) is 31.1 Å². The van der Waals surface area contributed by atoms with Crippen molar-refractivity contribution in [1.29, 1.82) is 0 Å². The van der Waals surface area contributed by atoms with Crippen LogP contribution in [0.4, 0.5) is 9.59 Å². The number of ether oxygens (including phenoxy) is 4. The van der Waals surface area contributed by atoms with Crippen LogP contribution in [0.5, 0.6) is 0 Å². The minimum atomic E-state index is -3.76. The molecule has 4 N–H and O–H groups in total. The molecule has 8 rings (SSSR count). The van der Waals surface area contributed by atoms with E-state index in [4.69, 9.17) is 65.4 Å². The summed E-state index contributed by atoms with van der Waals surface area (Å²) in [4.78, 5) is 29.3. The summed E-state index contributed by atoms with van der Waals surface area (Å²) < 4.78 is 81.2. The molecule has 0 spiro atoms. The number of sulfonamides is 2. The average Bonchev–Trinajstić information content (AvgIpc) is 4.16. The molecule has 78 heavy (non-hydrogen) atoms. The molecule has 4 aliphatic rings. The number of likely N-dealkylation sites (N-methyl/N-ethyl adjacent to an activating group) is 2. The summed E-state index contributed by atoms with van der Waals surface area (Å²) in [5.74, 6) is -0.169. The molecule has 4 aliphatic heterocycles. The first-order valence-electron chi connectivity index (χ1n) is 26.4. The van der Waals surface area contributed by atoms with Gasteiger partial charge in [-0.15, -0.1) is 0 Å². The lowest BCUT2D eigenvalue weighted by atomic mass is 9.85. The number of amides is 4. The van der Waals surface area contributed by atoms with E-state index in [1.807, 2.05) is 38.4 Å². The number of hydrogen-bond donors (Lipinski definition) is 4. The highest BCUT2D eigenvalue weighted by molar-refractivity contribution is 7.89. The molecule has 426 valence electrons. The fourth-order valence-corrected chi connectivity index (χ4v) is 14.7. The van der Waals surface area contributed by atoms with Gasteiger partial charge in [0.2, 0.25) is 20.0 Å². The lowest BCUT2D eigenvalue weighted by molar-refractivity contribution is 0.0123. The van der Waals surface area contributed by atoms with Crippen LogP contribution in [0.1, 0.15) is 70.9 Å². The van der Waals surface area contributed by atoms with Gasteiger partial charge in [0.1, 0.15) is 0 Å². The summed E-state index contributed by atoms with van der Waals surface area (Å²) in [5, 5.41) is 13.4. The summed E-state index contributed by atoms with van der Waals surface area (Å²) in [5.41, 5.74) is 5.80. The topological polar surface area (TPSA) is 200 Å². The normalized spacial score (nSPS) is 20.3. The van der Waals surface area contributed by atoms with Gasteiger partial charge in [-0.05, 0) is 122 Å². The minimum absolute atomic E-state index is 0.0843. The van der Waals surface area contributed by atoms with Gasteiger partial charge in [-0.1, -0.05) is 70.7 Å². The number of halogens is 4. The molecule has 0 aliphatic carbocycles. The number of fused-ring (bicyclic) bond motifs is 2. The number of urea groups is 2. The molecule has 0 radical (unpaired) electrons. The Kier molecular flexibility index (Phi) is 21.8. The van der Waals surface area contributed by atoms with Crippen molar-refractivity contribution < 1.29 is 45.4 Å². The zero-order valence-electron chi connectivity index (χ0n) is 44.0. The first-order chi connectivity index (χ1) is 37.5. The molecule has 4 aromatic rings. The number of carbonyl (C=O) groups is 2. The third-order valence-corrected chi connectivity index (χ3v) is 19.2. The van der Waals surface area contributed by atoms with Crippen LogP contribution < -0.4 is 21.3 Å². The van der Waals surface area contributed by atoms with E-state index in [9.17, 15) is 26.4 Å². The van der Waals surface area contributed by atoms with Crippen LogP contribution in [-0.2, 0) is 52.1 Å². The molecule has 4 heterocycles. The molecule has 18 nitrogen and oxygen atoms in total. The molecule has 0 aromatic heterocycles. The van der Waals surface area contributed by atoms with Crippen LogP contribution in [0.25, 0.3) is 0 Å². The van der Waals surface area contributed by atoms with Crippen molar-refractivity contribution in [1.82, 2.24) is 39.7 Å². The van der Waals surface area contributed by atoms with Gasteiger partial charge in [0.15, 0.2) is 0 Å². The summed E-state index contributed by atoms with van der Waals surface area (Å²) in [6.07, 6.45) is 1.94. The molecule has 0 saturated carbocycles. The fourth-order valence-electron chi connectivity index (χ4n) is 10.5. The third kappa shape index (κ3) is 16.0. The van der Waals surface area contributed by atoms with Crippen molar-refractivity contribution >= 4 is 78.5 Å². The van der Waals surface area contributed by atoms with Gasteiger partial charge in [0.25, 0.3) is 0 Å². The Labute approximate surface area is 478 Å². The van der Waals surface area contributed by atoms with Gasteiger partial charge >= 0.3 is 12.1 Å². The lowest BCUT2D eigenvalue weighted by Crippen LogP contribution is -2.39. The highest BCUT2D eigenvalue weighted by atomic mass is 35.5. The molecule has 4 aromatic carbocycles. The monoisotopic (exact) mass is 1190 g/mol. The second-order valence-corrected chi connectivity index (χ2v) is 25.7. The highest BCUT2D eigenvalue weighted by Crippen LogP contribution is 2.41. The van der Waals surface area contributed by atoms with Crippen molar-refractivity contribution in [3.8, 4) is 0 Å². The predicted molar refractivity (Wildman–Crippen MR) is 302 cm³/mol. The standard InChI is InChI=1S/C54H70Cl4N8O10S2/c1-63-33-47(45-27-39(55)29-51(57)49(45)35-63)37-7-5-9-43(25-37)77(69,70)65-17-11-41(31-65)75-23-21-73-19-15-61-53(67)59-13-3-4-14-60-54(68)62-16-20-74-22-24-76-42-12-18-66(32-42)78(71,72)44-10-6-8-38(26-44)48-34-64(2)36-50-46(48)28-40(56)30-52(50)58/h5-10,25-30,41-42,47-48H,3-4,11-24,31-36H2,1-2H3,(H2,59,61,67)(H2,60,62,68)/t41-,42-,47-,48-/m0/s1. The zero-order valence-corrected chi connectivity index (χ0v) is 48.7. The molecule has 0 unspecified atom stereocenters. The van der Waals surface area contributed by atoms with Gasteiger partial charge in [0, 0.05) is 110 Å². The number of hydrogen-bond acceptors (Lipinski definition) is 12. The van der Waals surface area contributed by atoms with E-state index in [1.165, 1.54) is 8.61 Å². The van der Waals surface area contributed by atoms with Crippen molar-refractivity contribution in [3.63, 3.8) is 0 Å². The van der Waals surface area contributed by atoms with Crippen LogP contribution in [0, 0.1) is 0 Å². The number of rotatable bonds is 25. The first-order valence-corrected chi connectivity index (χ1v) is 30.8. The molecule has 2 saturated heterocycles. The Morgan fingerprint density at radius 3 is 1.37 bits per heavy atom. The Hall–Kier alpha value is -3.84. The molecule has 4 atom stereocenters. The van der Waals surface area contributed by atoms with E-state index >= 15 is 0 Å². The molecular weight excluding hydrogens is 1130 g/mol. The minimum Gasteiger partial charge on any atom is -0.377 e. The van der Waals surface area contributed by atoms with Crippen LogP contribution >= 0.6 is 46.4 Å². The molecule has 24 heteroatoms. The first kappa shape index (κ1) is 60.3. The van der Waals surface area contributed by atoms with Crippen LogP contribution in [0.15, 0.2) is 82.6 Å². The highest BCUT2D eigenvalue weighted by Gasteiger charge is 2.36.